The quantitative estimate of drug-likeness (QED) is 0.585. The molecule has 2 aromatic rings. The molecule has 1 aromatic heterocycles. The number of nitrogens with zero attached hydrogens (tertiary/aromatic N) is 2. The number of rotatable bonds is 6. The van der Waals surface area contributed by atoms with E-state index >= 15 is 0 Å². The van der Waals surface area contributed by atoms with Gasteiger partial charge in [0.05, 0.1) is 36.0 Å². The zero-order chi connectivity index (χ0) is 20.3. The summed E-state index contributed by atoms with van der Waals surface area (Å²) in [4.78, 5) is 37.2. The fourth-order valence-corrected chi connectivity index (χ4v) is 3.23. The predicted molar refractivity (Wildman–Crippen MR) is 96.7 cm³/mol. The molecule has 2 heterocycles. The SMILES string of the molecule is CCOC(=O)C1=C(C)NC(C=O)=C(C(=O)OCC)C1c1cccc2nonc12. The summed E-state index contributed by atoms with van der Waals surface area (Å²) < 4.78 is 15.2. The van der Waals surface area contributed by atoms with Crippen LogP contribution < -0.4 is 5.32 Å². The van der Waals surface area contributed by atoms with Crippen molar-refractivity contribution in [2.75, 3.05) is 13.2 Å². The van der Waals surface area contributed by atoms with Crippen molar-refractivity contribution in [1.29, 1.82) is 0 Å². The Bertz CT molecular complexity index is 1000. The van der Waals surface area contributed by atoms with E-state index in [1.807, 2.05) is 0 Å². The first-order valence-corrected chi connectivity index (χ1v) is 8.75. The smallest absolute Gasteiger partial charge is 0.337 e. The Hall–Kier alpha value is -3.49. The van der Waals surface area contributed by atoms with Crippen molar-refractivity contribution in [3.05, 3.63) is 46.3 Å². The number of carbonyl (C=O) groups is 3. The molecule has 0 bridgehead atoms. The average Bonchev–Trinajstić information content (AvgIpc) is 3.16. The van der Waals surface area contributed by atoms with E-state index in [2.05, 4.69) is 15.6 Å². The fraction of sp³-hybridized carbons (Fsp3) is 0.316. The van der Waals surface area contributed by atoms with Gasteiger partial charge >= 0.3 is 11.9 Å². The number of esters is 2. The molecule has 1 atom stereocenters. The first-order chi connectivity index (χ1) is 13.5. The van der Waals surface area contributed by atoms with Gasteiger partial charge in [0.2, 0.25) is 0 Å². The molecule has 1 aliphatic heterocycles. The Morgan fingerprint density at radius 2 is 1.82 bits per heavy atom. The predicted octanol–water partition coefficient (Wildman–Crippen LogP) is 1.76. The zero-order valence-electron chi connectivity index (χ0n) is 15.6. The maximum absolute atomic E-state index is 12.7. The van der Waals surface area contributed by atoms with E-state index in [1.165, 1.54) is 0 Å². The van der Waals surface area contributed by atoms with Gasteiger partial charge in [0, 0.05) is 5.70 Å². The van der Waals surface area contributed by atoms with Crippen LogP contribution in [0.2, 0.25) is 0 Å². The minimum absolute atomic E-state index is 0.000929. The molecule has 1 N–H and O–H groups in total. The molecule has 9 heteroatoms. The Labute approximate surface area is 160 Å². The maximum Gasteiger partial charge on any atom is 0.337 e. The van der Waals surface area contributed by atoms with Crippen molar-refractivity contribution in [3.8, 4) is 0 Å². The van der Waals surface area contributed by atoms with Crippen molar-refractivity contribution in [2.45, 2.75) is 26.7 Å². The molecular formula is C19H19N3O6. The third-order valence-corrected chi connectivity index (χ3v) is 4.33. The van der Waals surface area contributed by atoms with E-state index in [1.54, 1.807) is 39.0 Å². The fourth-order valence-electron chi connectivity index (χ4n) is 3.23. The number of allylic oxidation sites excluding steroid dienone is 2. The Balaban J connectivity index is 2.29. The summed E-state index contributed by atoms with van der Waals surface area (Å²) in [5.41, 5.74) is 1.90. The summed E-state index contributed by atoms with van der Waals surface area (Å²) >= 11 is 0. The molecule has 0 spiro atoms. The minimum atomic E-state index is -0.935. The Morgan fingerprint density at radius 1 is 1.14 bits per heavy atom. The normalized spacial score (nSPS) is 16.8. The second kappa shape index (κ2) is 8.03. The summed E-state index contributed by atoms with van der Waals surface area (Å²) in [6.07, 6.45) is 0.520. The van der Waals surface area contributed by atoms with Crippen LogP contribution in [0, 0.1) is 0 Å². The number of carbonyl (C=O) groups excluding carboxylic acids is 3. The summed E-state index contributed by atoms with van der Waals surface area (Å²) in [5, 5.41) is 10.5. The lowest BCUT2D eigenvalue weighted by Crippen LogP contribution is -2.34. The second-order valence-electron chi connectivity index (χ2n) is 5.96. The summed E-state index contributed by atoms with van der Waals surface area (Å²) in [6, 6.07) is 5.08. The number of aldehydes is 1. The van der Waals surface area contributed by atoms with Crippen molar-refractivity contribution in [3.63, 3.8) is 0 Å². The lowest BCUT2D eigenvalue weighted by atomic mass is 9.80. The Morgan fingerprint density at radius 3 is 2.46 bits per heavy atom. The minimum Gasteiger partial charge on any atom is -0.463 e. The van der Waals surface area contributed by atoms with Gasteiger partial charge in [-0.1, -0.05) is 12.1 Å². The molecule has 0 fully saturated rings. The zero-order valence-corrected chi connectivity index (χ0v) is 15.6. The number of dihydropyridines is 1. The number of benzene rings is 1. The third-order valence-electron chi connectivity index (χ3n) is 4.33. The molecule has 0 aliphatic carbocycles. The van der Waals surface area contributed by atoms with Crippen LogP contribution in [0.25, 0.3) is 11.0 Å². The molecule has 9 nitrogen and oxygen atoms in total. The largest absolute Gasteiger partial charge is 0.463 e. The number of nitrogens with one attached hydrogen (secondary N) is 1. The molecule has 0 amide bonds. The molecule has 0 saturated carbocycles. The molecule has 0 saturated heterocycles. The van der Waals surface area contributed by atoms with Gasteiger partial charge in [-0.15, -0.1) is 0 Å². The van der Waals surface area contributed by atoms with Crippen LogP contribution in [0.3, 0.4) is 0 Å². The van der Waals surface area contributed by atoms with E-state index in [9.17, 15) is 14.4 Å². The van der Waals surface area contributed by atoms with Crippen LogP contribution in [-0.2, 0) is 23.9 Å². The van der Waals surface area contributed by atoms with Crippen molar-refractivity contribution < 1.29 is 28.5 Å². The van der Waals surface area contributed by atoms with Gasteiger partial charge in [0.25, 0.3) is 0 Å². The van der Waals surface area contributed by atoms with E-state index < -0.39 is 17.9 Å². The monoisotopic (exact) mass is 385 g/mol. The van der Waals surface area contributed by atoms with Gasteiger partial charge in [0.15, 0.2) is 6.29 Å². The number of hydrogen-bond acceptors (Lipinski definition) is 9. The number of ether oxygens (including phenoxy) is 2. The van der Waals surface area contributed by atoms with Gasteiger partial charge in [-0.05, 0) is 42.7 Å². The maximum atomic E-state index is 12.7. The van der Waals surface area contributed by atoms with Crippen molar-refractivity contribution >= 4 is 29.3 Å². The summed E-state index contributed by atoms with van der Waals surface area (Å²) in [7, 11) is 0. The highest BCUT2D eigenvalue weighted by Crippen LogP contribution is 2.41. The highest BCUT2D eigenvalue weighted by molar-refractivity contribution is 6.04. The lowest BCUT2D eigenvalue weighted by molar-refractivity contribution is -0.139. The van der Waals surface area contributed by atoms with E-state index in [0.29, 0.717) is 28.6 Å². The van der Waals surface area contributed by atoms with Crippen LogP contribution in [-0.4, -0.2) is 41.8 Å². The van der Waals surface area contributed by atoms with Crippen LogP contribution in [0.15, 0.2) is 45.4 Å². The molecule has 3 rings (SSSR count). The number of fused-ring (bicyclic) bond motifs is 1. The van der Waals surface area contributed by atoms with Gasteiger partial charge in [-0.2, -0.15) is 0 Å². The lowest BCUT2D eigenvalue weighted by Gasteiger charge is -2.29. The van der Waals surface area contributed by atoms with Crippen LogP contribution in [0.1, 0.15) is 32.3 Å². The molecule has 0 radical (unpaired) electrons. The van der Waals surface area contributed by atoms with Gasteiger partial charge in [-0.25, -0.2) is 14.2 Å². The van der Waals surface area contributed by atoms with Gasteiger partial charge in [0.1, 0.15) is 11.0 Å². The topological polar surface area (TPSA) is 121 Å². The second-order valence-corrected chi connectivity index (χ2v) is 5.96. The highest BCUT2D eigenvalue weighted by atomic mass is 16.6. The van der Waals surface area contributed by atoms with E-state index in [0.717, 1.165) is 0 Å². The molecule has 28 heavy (non-hydrogen) atoms. The highest BCUT2D eigenvalue weighted by Gasteiger charge is 2.40. The molecular weight excluding hydrogens is 366 g/mol. The summed E-state index contributed by atoms with van der Waals surface area (Å²) in [6.45, 7) is 5.22. The van der Waals surface area contributed by atoms with Gasteiger partial charge in [-0.3, -0.25) is 4.79 Å². The van der Waals surface area contributed by atoms with Crippen molar-refractivity contribution in [1.82, 2.24) is 15.6 Å². The van der Waals surface area contributed by atoms with Crippen molar-refractivity contribution in [2.24, 2.45) is 0 Å². The molecule has 146 valence electrons. The molecule has 1 aromatic carbocycles. The van der Waals surface area contributed by atoms with Crippen LogP contribution in [0.4, 0.5) is 0 Å². The van der Waals surface area contributed by atoms with Crippen LogP contribution in [0.5, 0.6) is 0 Å². The van der Waals surface area contributed by atoms with E-state index in [4.69, 9.17) is 14.1 Å². The first kappa shape index (κ1) is 19.3. The Kier molecular flexibility index (Phi) is 5.53. The third kappa shape index (κ3) is 3.26. The van der Waals surface area contributed by atoms with E-state index in [-0.39, 0.29) is 30.1 Å². The molecule has 1 unspecified atom stereocenters. The molecule has 1 aliphatic rings. The average molecular weight is 385 g/mol. The number of aromatic nitrogens is 2. The number of hydrogen-bond donors (Lipinski definition) is 1. The van der Waals surface area contributed by atoms with Crippen LogP contribution >= 0.6 is 0 Å². The van der Waals surface area contributed by atoms with Gasteiger partial charge < -0.3 is 14.8 Å². The summed E-state index contributed by atoms with van der Waals surface area (Å²) in [5.74, 6) is -2.27. The standard InChI is InChI=1S/C19H19N3O6/c1-4-26-18(24)14-10(3)20-13(9-23)16(19(25)27-5-2)15(14)11-7-6-8-12-17(11)22-28-21-12/h6-9,15,20H,4-5H2,1-3H3. The first-order valence-electron chi connectivity index (χ1n) is 8.75.